The van der Waals surface area contributed by atoms with E-state index in [4.69, 9.17) is 5.73 Å². The molecular formula is C14H24N2. The average molecular weight is 220 g/mol. The molecule has 1 aromatic carbocycles. The van der Waals surface area contributed by atoms with Gasteiger partial charge in [-0.05, 0) is 36.5 Å². The summed E-state index contributed by atoms with van der Waals surface area (Å²) in [5.74, 6) is 0. The van der Waals surface area contributed by atoms with Gasteiger partial charge < -0.3 is 11.1 Å². The molecule has 2 heteroatoms. The summed E-state index contributed by atoms with van der Waals surface area (Å²) in [7, 11) is 0. The molecule has 0 aliphatic heterocycles. The van der Waals surface area contributed by atoms with Gasteiger partial charge >= 0.3 is 0 Å². The van der Waals surface area contributed by atoms with Crippen LogP contribution in [0.2, 0.25) is 0 Å². The number of benzene rings is 1. The van der Waals surface area contributed by atoms with Crippen molar-refractivity contribution in [1.29, 1.82) is 0 Å². The normalized spacial score (nSPS) is 11.5. The van der Waals surface area contributed by atoms with Crippen LogP contribution in [0.25, 0.3) is 0 Å². The first-order valence-corrected chi connectivity index (χ1v) is 6.04. The van der Waals surface area contributed by atoms with E-state index in [0.29, 0.717) is 5.41 Å². The van der Waals surface area contributed by atoms with E-state index in [1.807, 2.05) is 12.1 Å². The SMILES string of the molecule is CCCC(C)(C)CNc1cc(C)ccc1N. The van der Waals surface area contributed by atoms with Gasteiger partial charge in [-0.1, -0.05) is 33.3 Å². The van der Waals surface area contributed by atoms with Crippen molar-refractivity contribution in [1.82, 2.24) is 0 Å². The minimum atomic E-state index is 0.324. The predicted octanol–water partition coefficient (Wildman–Crippen LogP) is 3.82. The van der Waals surface area contributed by atoms with Crippen LogP contribution in [0.4, 0.5) is 11.4 Å². The van der Waals surface area contributed by atoms with E-state index < -0.39 is 0 Å². The van der Waals surface area contributed by atoms with Crippen LogP contribution in [-0.4, -0.2) is 6.54 Å². The Morgan fingerprint density at radius 1 is 1.31 bits per heavy atom. The van der Waals surface area contributed by atoms with E-state index in [0.717, 1.165) is 17.9 Å². The molecule has 0 amide bonds. The van der Waals surface area contributed by atoms with Crippen LogP contribution in [0.3, 0.4) is 0 Å². The predicted molar refractivity (Wildman–Crippen MR) is 72.8 cm³/mol. The van der Waals surface area contributed by atoms with Crippen LogP contribution in [-0.2, 0) is 0 Å². The number of nitrogen functional groups attached to an aromatic ring is 1. The molecule has 0 saturated heterocycles. The topological polar surface area (TPSA) is 38.0 Å². The maximum atomic E-state index is 5.93. The Balaban J connectivity index is 2.63. The first-order valence-electron chi connectivity index (χ1n) is 6.04. The van der Waals surface area contributed by atoms with E-state index in [-0.39, 0.29) is 0 Å². The second-order valence-electron chi connectivity index (χ2n) is 5.36. The van der Waals surface area contributed by atoms with Gasteiger partial charge in [0.2, 0.25) is 0 Å². The third-order valence-corrected chi connectivity index (χ3v) is 2.89. The molecule has 1 rings (SSSR count). The Labute approximate surface area is 99.2 Å². The summed E-state index contributed by atoms with van der Waals surface area (Å²) in [4.78, 5) is 0. The van der Waals surface area contributed by atoms with E-state index >= 15 is 0 Å². The van der Waals surface area contributed by atoms with Gasteiger partial charge in [-0.15, -0.1) is 0 Å². The molecule has 0 aliphatic carbocycles. The highest BCUT2D eigenvalue weighted by Crippen LogP contribution is 2.25. The molecule has 90 valence electrons. The molecule has 0 fully saturated rings. The van der Waals surface area contributed by atoms with E-state index in [1.165, 1.54) is 18.4 Å². The summed E-state index contributed by atoms with van der Waals surface area (Å²) < 4.78 is 0. The molecular weight excluding hydrogens is 196 g/mol. The molecule has 0 aliphatic rings. The van der Waals surface area contributed by atoms with Gasteiger partial charge in [-0.3, -0.25) is 0 Å². The molecule has 0 saturated carbocycles. The Kier molecular flexibility index (Phi) is 4.22. The Hall–Kier alpha value is -1.18. The lowest BCUT2D eigenvalue weighted by molar-refractivity contribution is 0.355. The van der Waals surface area contributed by atoms with Crippen molar-refractivity contribution in [3.8, 4) is 0 Å². The fraction of sp³-hybridized carbons (Fsp3) is 0.571. The first kappa shape index (κ1) is 12.9. The molecule has 0 aromatic heterocycles. The number of anilines is 2. The number of nitrogens with two attached hydrogens (primary N) is 1. The van der Waals surface area contributed by atoms with Crippen molar-refractivity contribution in [2.75, 3.05) is 17.6 Å². The van der Waals surface area contributed by atoms with Crippen LogP contribution in [0.5, 0.6) is 0 Å². The van der Waals surface area contributed by atoms with Crippen molar-refractivity contribution in [3.63, 3.8) is 0 Å². The highest BCUT2D eigenvalue weighted by Gasteiger charge is 2.16. The first-order chi connectivity index (χ1) is 7.44. The molecule has 16 heavy (non-hydrogen) atoms. The summed E-state index contributed by atoms with van der Waals surface area (Å²) in [5.41, 5.74) is 9.39. The van der Waals surface area contributed by atoms with Crippen LogP contribution in [0, 0.1) is 12.3 Å². The van der Waals surface area contributed by atoms with Crippen LogP contribution in [0.15, 0.2) is 18.2 Å². The van der Waals surface area contributed by atoms with Crippen molar-refractivity contribution < 1.29 is 0 Å². The Morgan fingerprint density at radius 2 is 2.00 bits per heavy atom. The molecule has 3 N–H and O–H groups in total. The molecule has 0 unspecified atom stereocenters. The minimum Gasteiger partial charge on any atom is -0.397 e. The number of nitrogens with one attached hydrogen (secondary N) is 1. The third kappa shape index (κ3) is 3.76. The summed E-state index contributed by atoms with van der Waals surface area (Å²) in [5, 5.41) is 3.45. The van der Waals surface area contributed by atoms with Gasteiger partial charge in [0.1, 0.15) is 0 Å². The van der Waals surface area contributed by atoms with Gasteiger partial charge in [0.25, 0.3) is 0 Å². The summed E-state index contributed by atoms with van der Waals surface area (Å²) >= 11 is 0. The summed E-state index contributed by atoms with van der Waals surface area (Å²) in [6.45, 7) is 9.85. The molecule has 0 radical (unpaired) electrons. The zero-order valence-corrected chi connectivity index (χ0v) is 10.9. The van der Waals surface area contributed by atoms with Gasteiger partial charge in [0.05, 0.1) is 11.4 Å². The Morgan fingerprint density at radius 3 is 2.62 bits per heavy atom. The van der Waals surface area contributed by atoms with Crippen LogP contribution in [0.1, 0.15) is 39.2 Å². The molecule has 0 heterocycles. The van der Waals surface area contributed by atoms with Gasteiger partial charge in [0, 0.05) is 6.54 Å². The lowest BCUT2D eigenvalue weighted by Gasteiger charge is -2.25. The van der Waals surface area contributed by atoms with Crippen molar-refractivity contribution in [3.05, 3.63) is 23.8 Å². The Bertz CT molecular complexity index is 343. The van der Waals surface area contributed by atoms with Crippen LogP contribution < -0.4 is 11.1 Å². The fourth-order valence-electron chi connectivity index (χ4n) is 1.92. The fourth-order valence-corrected chi connectivity index (χ4v) is 1.92. The average Bonchev–Trinajstić information content (AvgIpc) is 2.19. The maximum absolute atomic E-state index is 5.93. The minimum absolute atomic E-state index is 0.324. The molecule has 1 aromatic rings. The zero-order chi connectivity index (χ0) is 12.2. The standard InChI is InChI=1S/C14H24N2/c1-5-8-14(3,4)10-16-13-9-11(2)6-7-12(13)15/h6-7,9,16H,5,8,10,15H2,1-4H3. The number of hydrogen-bond acceptors (Lipinski definition) is 2. The van der Waals surface area contributed by atoms with Crippen molar-refractivity contribution >= 4 is 11.4 Å². The van der Waals surface area contributed by atoms with E-state index in [2.05, 4.69) is 39.1 Å². The highest BCUT2D eigenvalue weighted by atomic mass is 14.9. The van der Waals surface area contributed by atoms with Crippen molar-refractivity contribution in [2.45, 2.75) is 40.5 Å². The molecule has 0 spiro atoms. The highest BCUT2D eigenvalue weighted by molar-refractivity contribution is 5.66. The summed E-state index contributed by atoms with van der Waals surface area (Å²) in [6, 6.07) is 6.11. The number of rotatable bonds is 5. The largest absolute Gasteiger partial charge is 0.397 e. The smallest absolute Gasteiger partial charge is 0.0576 e. The second kappa shape index (κ2) is 5.24. The number of aryl methyl sites for hydroxylation is 1. The molecule has 2 nitrogen and oxygen atoms in total. The third-order valence-electron chi connectivity index (χ3n) is 2.89. The van der Waals surface area contributed by atoms with Gasteiger partial charge in [-0.2, -0.15) is 0 Å². The second-order valence-corrected chi connectivity index (χ2v) is 5.36. The van der Waals surface area contributed by atoms with Crippen LogP contribution >= 0.6 is 0 Å². The van der Waals surface area contributed by atoms with E-state index in [9.17, 15) is 0 Å². The summed E-state index contributed by atoms with van der Waals surface area (Å²) in [6.07, 6.45) is 2.45. The quantitative estimate of drug-likeness (QED) is 0.740. The lowest BCUT2D eigenvalue weighted by Crippen LogP contribution is -2.23. The van der Waals surface area contributed by atoms with Gasteiger partial charge in [-0.25, -0.2) is 0 Å². The molecule has 0 atom stereocenters. The van der Waals surface area contributed by atoms with Crippen molar-refractivity contribution in [2.24, 2.45) is 5.41 Å². The van der Waals surface area contributed by atoms with Gasteiger partial charge in [0.15, 0.2) is 0 Å². The maximum Gasteiger partial charge on any atom is 0.0576 e. The van der Waals surface area contributed by atoms with E-state index in [1.54, 1.807) is 0 Å². The zero-order valence-electron chi connectivity index (χ0n) is 10.9. The lowest BCUT2D eigenvalue weighted by atomic mass is 9.88. The number of hydrogen-bond donors (Lipinski definition) is 2. The molecule has 0 bridgehead atoms. The monoisotopic (exact) mass is 220 g/mol.